The highest BCUT2D eigenvalue weighted by molar-refractivity contribution is 14.1. The number of ether oxygens (including phenoxy) is 3. The molecular formula is C32H26IN3O5S. The van der Waals surface area contributed by atoms with Crippen LogP contribution in [0, 0.1) is 14.9 Å². The first-order valence-electron chi connectivity index (χ1n) is 13.1. The standard InChI is InChI=1S/C32H26IN3O5S/c1-4-24-27(31(38)40-3)28(19-10-6-5-7-11-19)36-30(37)26(42-32(36)35-24)15-22-14-23(33)16-25(39-2)29(22)41-18-21-13-9-8-12-20(21)17-34/h5-16,28H,4,18H2,1-3H3/b26-15+/t28-/m1/s1. The summed E-state index contributed by atoms with van der Waals surface area (Å²) in [5.74, 6) is 0.425. The fourth-order valence-electron chi connectivity index (χ4n) is 4.86. The zero-order valence-electron chi connectivity index (χ0n) is 23.1. The molecule has 5 rings (SSSR count). The summed E-state index contributed by atoms with van der Waals surface area (Å²) < 4.78 is 19.9. The second-order valence-electron chi connectivity index (χ2n) is 9.28. The van der Waals surface area contributed by atoms with E-state index in [0.29, 0.717) is 49.7 Å². The largest absolute Gasteiger partial charge is 0.493 e. The van der Waals surface area contributed by atoms with Gasteiger partial charge in [-0.25, -0.2) is 9.79 Å². The predicted molar refractivity (Wildman–Crippen MR) is 168 cm³/mol. The first-order valence-corrected chi connectivity index (χ1v) is 15.0. The van der Waals surface area contributed by atoms with Crippen molar-refractivity contribution >= 4 is 46.0 Å². The SMILES string of the molecule is CCC1=C(C(=O)OC)[C@@H](c2ccccc2)n2c(s/c(=C/c3cc(I)cc(OC)c3OCc3ccccc3C#N)c2=O)=N1. The lowest BCUT2D eigenvalue weighted by molar-refractivity contribution is -0.136. The molecule has 0 aliphatic carbocycles. The molecule has 2 heterocycles. The Kier molecular flexibility index (Phi) is 8.89. The molecule has 1 aromatic heterocycles. The van der Waals surface area contributed by atoms with Gasteiger partial charge in [0.25, 0.3) is 5.56 Å². The Morgan fingerprint density at radius 3 is 2.57 bits per heavy atom. The van der Waals surface area contributed by atoms with Crippen molar-refractivity contribution in [2.45, 2.75) is 26.0 Å². The molecule has 0 bridgehead atoms. The maximum atomic E-state index is 14.1. The van der Waals surface area contributed by atoms with Crippen LogP contribution in [0.2, 0.25) is 0 Å². The van der Waals surface area contributed by atoms with Gasteiger partial charge in [0.05, 0.1) is 47.7 Å². The van der Waals surface area contributed by atoms with Crippen molar-refractivity contribution < 1.29 is 19.0 Å². The Morgan fingerprint density at radius 1 is 1.14 bits per heavy atom. The van der Waals surface area contributed by atoms with Crippen molar-refractivity contribution in [1.29, 1.82) is 5.26 Å². The van der Waals surface area contributed by atoms with E-state index in [0.717, 1.165) is 14.7 Å². The lowest BCUT2D eigenvalue weighted by Crippen LogP contribution is -2.40. The number of carbonyl (C=O) groups excluding carboxylic acids is 1. The number of fused-ring (bicyclic) bond motifs is 1. The third kappa shape index (κ3) is 5.62. The van der Waals surface area contributed by atoms with Crippen molar-refractivity contribution in [3.8, 4) is 17.6 Å². The topological polar surface area (TPSA) is 103 Å². The van der Waals surface area contributed by atoms with Crippen molar-refractivity contribution in [2.24, 2.45) is 4.99 Å². The predicted octanol–water partition coefficient (Wildman–Crippen LogP) is 4.86. The van der Waals surface area contributed by atoms with Crippen LogP contribution in [0.15, 0.2) is 87.8 Å². The molecule has 10 heteroatoms. The van der Waals surface area contributed by atoms with E-state index in [1.807, 2.05) is 61.5 Å². The molecule has 4 aromatic rings. The summed E-state index contributed by atoms with van der Waals surface area (Å²) in [6.45, 7) is 2.06. The average Bonchev–Trinajstić information content (AvgIpc) is 3.33. The van der Waals surface area contributed by atoms with E-state index in [4.69, 9.17) is 19.2 Å². The highest BCUT2D eigenvalue weighted by Crippen LogP contribution is 2.35. The van der Waals surface area contributed by atoms with E-state index >= 15 is 0 Å². The Labute approximate surface area is 260 Å². The Morgan fingerprint density at radius 2 is 1.88 bits per heavy atom. The van der Waals surface area contributed by atoms with E-state index < -0.39 is 12.0 Å². The van der Waals surface area contributed by atoms with Gasteiger partial charge in [-0.15, -0.1) is 0 Å². The highest BCUT2D eigenvalue weighted by atomic mass is 127. The molecule has 3 aromatic carbocycles. The monoisotopic (exact) mass is 691 g/mol. The number of halogens is 1. The number of esters is 1. The number of thiazole rings is 1. The molecule has 1 aliphatic heterocycles. The molecule has 0 amide bonds. The quantitative estimate of drug-likeness (QED) is 0.193. The maximum absolute atomic E-state index is 14.1. The second-order valence-corrected chi connectivity index (χ2v) is 11.5. The van der Waals surface area contributed by atoms with Crippen LogP contribution >= 0.6 is 33.9 Å². The molecule has 1 atom stereocenters. The fourth-order valence-corrected chi connectivity index (χ4v) is 6.49. The van der Waals surface area contributed by atoms with E-state index in [2.05, 4.69) is 28.7 Å². The van der Waals surface area contributed by atoms with Gasteiger partial charge < -0.3 is 14.2 Å². The zero-order valence-corrected chi connectivity index (χ0v) is 26.1. The molecule has 0 unspecified atom stereocenters. The van der Waals surface area contributed by atoms with Gasteiger partial charge in [0, 0.05) is 14.7 Å². The number of carbonyl (C=O) groups is 1. The lowest BCUT2D eigenvalue weighted by Gasteiger charge is -2.25. The molecular weight excluding hydrogens is 665 g/mol. The molecule has 0 saturated carbocycles. The van der Waals surface area contributed by atoms with Crippen LogP contribution < -0.4 is 24.4 Å². The number of nitrogens with zero attached hydrogens (tertiary/aromatic N) is 3. The number of benzene rings is 3. The summed E-state index contributed by atoms with van der Waals surface area (Å²) in [4.78, 5) is 32.3. The molecule has 42 heavy (non-hydrogen) atoms. The summed E-state index contributed by atoms with van der Waals surface area (Å²) in [6, 6.07) is 21.9. The van der Waals surface area contributed by atoms with Gasteiger partial charge in [-0.2, -0.15) is 5.26 Å². The third-order valence-electron chi connectivity index (χ3n) is 6.83. The van der Waals surface area contributed by atoms with Gasteiger partial charge in [-0.3, -0.25) is 9.36 Å². The first kappa shape index (κ1) is 29.3. The second kappa shape index (κ2) is 12.8. The van der Waals surface area contributed by atoms with Crippen molar-refractivity contribution in [3.05, 3.63) is 124 Å². The number of methoxy groups -OCH3 is 2. The normalized spacial score (nSPS) is 14.5. The summed E-state index contributed by atoms with van der Waals surface area (Å²) >= 11 is 3.43. The van der Waals surface area contributed by atoms with Crippen LogP contribution in [-0.2, 0) is 16.1 Å². The summed E-state index contributed by atoms with van der Waals surface area (Å²) in [6.07, 6.45) is 2.25. The minimum absolute atomic E-state index is 0.138. The minimum Gasteiger partial charge on any atom is -0.493 e. The third-order valence-corrected chi connectivity index (χ3v) is 8.44. The van der Waals surface area contributed by atoms with Crippen molar-refractivity contribution in [2.75, 3.05) is 14.2 Å². The average molecular weight is 692 g/mol. The first-order chi connectivity index (χ1) is 20.4. The van der Waals surface area contributed by atoms with E-state index in [-0.39, 0.29) is 12.2 Å². The Hall–Kier alpha value is -4.21. The van der Waals surface area contributed by atoms with Crippen LogP contribution in [0.1, 0.15) is 41.6 Å². The molecule has 0 saturated heterocycles. The molecule has 0 N–H and O–H groups in total. The number of aromatic nitrogens is 1. The molecule has 1 aliphatic rings. The summed E-state index contributed by atoms with van der Waals surface area (Å²) in [5, 5.41) is 9.51. The fraction of sp³-hybridized carbons (Fsp3) is 0.188. The van der Waals surface area contributed by atoms with Crippen molar-refractivity contribution in [3.63, 3.8) is 0 Å². The van der Waals surface area contributed by atoms with Crippen LogP contribution in [0.5, 0.6) is 11.5 Å². The number of hydrogen-bond donors (Lipinski definition) is 0. The molecule has 0 radical (unpaired) electrons. The lowest BCUT2D eigenvalue weighted by atomic mass is 9.95. The van der Waals surface area contributed by atoms with Crippen LogP contribution in [0.3, 0.4) is 0 Å². The number of hydrogen-bond acceptors (Lipinski definition) is 8. The Balaban J connectivity index is 1.68. The zero-order chi connectivity index (χ0) is 29.8. The highest BCUT2D eigenvalue weighted by Gasteiger charge is 2.33. The van der Waals surface area contributed by atoms with Crippen LogP contribution in [0.25, 0.3) is 6.08 Å². The van der Waals surface area contributed by atoms with Gasteiger partial charge in [-0.05, 0) is 58.9 Å². The van der Waals surface area contributed by atoms with E-state index in [9.17, 15) is 14.9 Å². The van der Waals surface area contributed by atoms with E-state index in [1.54, 1.807) is 29.9 Å². The van der Waals surface area contributed by atoms with Gasteiger partial charge in [0.1, 0.15) is 6.61 Å². The summed E-state index contributed by atoms with van der Waals surface area (Å²) in [7, 11) is 2.89. The van der Waals surface area contributed by atoms with Gasteiger partial charge in [0.15, 0.2) is 16.3 Å². The number of allylic oxidation sites excluding steroid dienone is 1. The number of nitriles is 1. The minimum atomic E-state index is -0.685. The van der Waals surface area contributed by atoms with Gasteiger partial charge in [0.2, 0.25) is 0 Å². The van der Waals surface area contributed by atoms with Crippen LogP contribution in [-0.4, -0.2) is 24.8 Å². The summed E-state index contributed by atoms with van der Waals surface area (Å²) in [5.41, 5.74) is 3.31. The van der Waals surface area contributed by atoms with Gasteiger partial charge >= 0.3 is 5.97 Å². The maximum Gasteiger partial charge on any atom is 0.338 e. The Bertz CT molecular complexity index is 1920. The van der Waals surface area contributed by atoms with Crippen molar-refractivity contribution in [1.82, 2.24) is 4.57 Å². The number of rotatable bonds is 8. The van der Waals surface area contributed by atoms with Crippen LogP contribution in [0.4, 0.5) is 0 Å². The molecule has 8 nitrogen and oxygen atoms in total. The van der Waals surface area contributed by atoms with E-state index in [1.165, 1.54) is 18.4 Å². The molecule has 212 valence electrons. The smallest absolute Gasteiger partial charge is 0.338 e. The molecule has 0 spiro atoms. The van der Waals surface area contributed by atoms with Gasteiger partial charge in [-0.1, -0.05) is 66.8 Å². The molecule has 0 fully saturated rings.